The molecule has 2 nitrogen and oxygen atoms in total. The molecule has 1 fully saturated rings. The molecule has 1 aromatic carbocycles. The van der Waals surface area contributed by atoms with Crippen molar-refractivity contribution in [3.05, 3.63) is 29.3 Å². The molecule has 0 saturated heterocycles. The topological polar surface area (TPSA) is 24.9 Å². The molecule has 1 aromatic heterocycles. The van der Waals surface area contributed by atoms with Crippen LogP contribution >= 0.6 is 11.3 Å². The molecule has 1 heterocycles. The van der Waals surface area contributed by atoms with Gasteiger partial charge in [0.2, 0.25) is 0 Å². The lowest BCUT2D eigenvalue weighted by molar-refractivity contribution is 0.314. The highest BCUT2D eigenvalue weighted by Crippen LogP contribution is 2.36. The number of hydrogen-bond donors (Lipinski definition) is 1. The summed E-state index contributed by atoms with van der Waals surface area (Å²) in [4.78, 5) is 4.66. The molecule has 0 bridgehead atoms. The molecular weight excluding hydrogens is 240 g/mol. The number of nitrogens with zero attached hydrogens (tertiary/aromatic N) is 1. The number of hydrogen-bond acceptors (Lipinski definition) is 3. The SMILES string of the molecule is CC1(CNCc2nc3ccccc3s2)CCCC1. The molecule has 0 atom stereocenters. The fourth-order valence-corrected chi connectivity index (χ4v) is 3.81. The van der Waals surface area contributed by atoms with Gasteiger partial charge in [0, 0.05) is 13.1 Å². The van der Waals surface area contributed by atoms with E-state index in [2.05, 4.69) is 41.5 Å². The Morgan fingerprint density at radius 2 is 2.06 bits per heavy atom. The van der Waals surface area contributed by atoms with Gasteiger partial charge in [0.1, 0.15) is 5.01 Å². The Bertz CT molecular complexity index is 493. The Morgan fingerprint density at radius 3 is 2.83 bits per heavy atom. The summed E-state index contributed by atoms with van der Waals surface area (Å²) in [5, 5.41) is 4.80. The first kappa shape index (κ1) is 12.1. The summed E-state index contributed by atoms with van der Waals surface area (Å²) < 4.78 is 1.29. The monoisotopic (exact) mass is 260 g/mol. The first-order valence-corrected chi connectivity index (χ1v) is 7.62. The average Bonchev–Trinajstić information content (AvgIpc) is 2.95. The molecule has 0 radical (unpaired) electrons. The second kappa shape index (κ2) is 4.98. The van der Waals surface area contributed by atoms with E-state index in [1.807, 2.05) is 0 Å². The molecule has 0 spiro atoms. The quantitative estimate of drug-likeness (QED) is 0.900. The van der Waals surface area contributed by atoms with Crippen LogP contribution in [-0.4, -0.2) is 11.5 Å². The van der Waals surface area contributed by atoms with Crippen LogP contribution in [0.25, 0.3) is 10.2 Å². The molecule has 1 aliphatic carbocycles. The highest BCUT2D eigenvalue weighted by Gasteiger charge is 2.27. The minimum absolute atomic E-state index is 0.524. The number of rotatable bonds is 4. The maximum absolute atomic E-state index is 4.66. The van der Waals surface area contributed by atoms with Crippen LogP contribution in [0.4, 0.5) is 0 Å². The van der Waals surface area contributed by atoms with Crippen LogP contribution in [-0.2, 0) is 6.54 Å². The first-order chi connectivity index (χ1) is 8.75. The number of benzene rings is 1. The van der Waals surface area contributed by atoms with E-state index in [1.165, 1.54) is 35.4 Å². The van der Waals surface area contributed by atoms with Crippen molar-refractivity contribution < 1.29 is 0 Å². The van der Waals surface area contributed by atoms with Crippen LogP contribution in [0, 0.1) is 5.41 Å². The largest absolute Gasteiger partial charge is 0.310 e. The number of para-hydroxylation sites is 1. The summed E-state index contributed by atoms with van der Waals surface area (Å²) in [6.45, 7) is 4.45. The van der Waals surface area contributed by atoms with Gasteiger partial charge < -0.3 is 5.32 Å². The third-order valence-corrected chi connectivity index (χ3v) is 5.01. The Hall–Kier alpha value is -0.930. The predicted octanol–water partition coefficient (Wildman–Crippen LogP) is 3.97. The van der Waals surface area contributed by atoms with Gasteiger partial charge in [-0.15, -0.1) is 11.3 Å². The van der Waals surface area contributed by atoms with E-state index < -0.39 is 0 Å². The maximum atomic E-state index is 4.66. The normalized spacial score (nSPS) is 18.5. The first-order valence-electron chi connectivity index (χ1n) is 6.80. The van der Waals surface area contributed by atoms with Gasteiger partial charge in [0.05, 0.1) is 10.2 Å². The van der Waals surface area contributed by atoms with Crippen molar-refractivity contribution in [2.75, 3.05) is 6.54 Å². The van der Waals surface area contributed by atoms with Crippen LogP contribution in [0.2, 0.25) is 0 Å². The number of thiazole rings is 1. The maximum Gasteiger partial charge on any atom is 0.108 e. The fourth-order valence-electron chi connectivity index (χ4n) is 2.87. The van der Waals surface area contributed by atoms with Crippen LogP contribution < -0.4 is 5.32 Å². The van der Waals surface area contributed by atoms with Gasteiger partial charge in [-0.25, -0.2) is 4.98 Å². The summed E-state index contributed by atoms with van der Waals surface area (Å²) in [6, 6.07) is 8.37. The van der Waals surface area contributed by atoms with Gasteiger partial charge in [-0.05, 0) is 30.4 Å². The van der Waals surface area contributed by atoms with Crippen LogP contribution in [0.3, 0.4) is 0 Å². The molecule has 1 saturated carbocycles. The lowest BCUT2D eigenvalue weighted by Crippen LogP contribution is -2.29. The van der Waals surface area contributed by atoms with Crippen molar-refractivity contribution in [2.45, 2.75) is 39.2 Å². The Labute approximate surface area is 112 Å². The van der Waals surface area contributed by atoms with Crippen molar-refractivity contribution in [3.63, 3.8) is 0 Å². The zero-order valence-electron chi connectivity index (χ0n) is 10.9. The van der Waals surface area contributed by atoms with Crippen LogP contribution in [0.1, 0.15) is 37.6 Å². The third-order valence-electron chi connectivity index (χ3n) is 3.98. The number of aromatic nitrogens is 1. The van der Waals surface area contributed by atoms with E-state index >= 15 is 0 Å². The Balaban J connectivity index is 1.59. The van der Waals surface area contributed by atoms with Crippen molar-refractivity contribution >= 4 is 21.6 Å². The zero-order chi connectivity index (χ0) is 12.4. The molecule has 3 heteroatoms. The number of fused-ring (bicyclic) bond motifs is 1. The smallest absolute Gasteiger partial charge is 0.108 e. The molecule has 18 heavy (non-hydrogen) atoms. The second-order valence-corrected chi connectivity index (χ2v) is 6.81. The Kier molecular flexibility index (Phi) is 3.35. The lowest BCUT2D eigenvalue weighted by atomic mass is 9.89. The minimum atomic E-state index is 0.524. The minimum Gasteiger partial charge on any atom is -0.310 e. The van der Waals surface area contributed by atoms with Crippen molar-refractivity contribution in [2.24, 2.45) is 5.41 Å². The standard InChI is InChI=1S/C15H20N2S/c1-15(8-4-5-9-15)11-16-10-14-17-12-6-2-3-7-13(12)18-14/h2-3,6-7,16H,4-5,8-11H2,1H3. The van der Waals surface area contributed by atoms with Gasteiger partial charge in [-0.2, -0.15) is 0 Å². The fraction of sp³-hybridized carbons (Fsp3) is 0.533. The summed E-state index contributed by atoms with van der Waals surface area (Å²) in [5.41, 5.74) is 1.66. The van der Waals surface area contributed by atoms with Crippen LogP contribution in [0.5, 0.6) is 0 Å². The van der Waals surface area contributed by atoms with E-state index in [1.54, 1.807) is 11.3 Å². The van der Waals surface area contributed by atoms with Crippen molar-refractivity contribution in [1.29, 1.82) is 0 Å². The summed E-state index contributed by atoms with van der Waals surface area (Å²) >= 11 is 1.81. The van der Waals surface area contributed by atoms with Gasteiger partial charge in [0.15, 0.2) is 0 Å². The highest BCUT2D eigenvalue weighted by atomic mass is 32.1. The highest BCUT2D eigenvalue weighted by molar-refractivity contribution is 7.18. The van der Waals surface area contributed by atoms with E-state index in [4.69, 9.17) is 0 Å². The average molecular weight is 260 g/mol. The second-order valence-electron chi connectivity index (χ2n) is 5.70. The summed E-state index contributed by atoms with van der Waals surface area (Å²) in [5.74, 6) is 0. The lowest BCUT2D eigenvalue weighted by Gasteiger charge is -2.23. The van der Waals surface area contributed by atoms with Gasteiger partial charge in [-0.1, -0.05) is 31.9 Å². The zero-order valence-corrected chi connectivity index (χ0v) is 11.7. The molecule has 1 N–H and O–H groups in total. The van der Waals surface area contributed by atoms with Crippen molar-refractivity contribution in [3.8, 4) is 0 Å². The van der Waals surface area contributed by atoms with Crippen LogP contribution in [0.15, 0.2) is 24.3 Å². The van der Waals surface area contributed by atoms with Gasteiger partial charge in [-0.3, -0.25) is 0 Å². The molecule has 0 aliphatic heterocycles. The Morgan fingerprint density at radius 1 is 1.28 bits per heavy atom. The van der Waals surface area contributed by atoms with E-state index in [0.717, 1.165) is 18.6 Å². The molecule has 0 unspecified atom stereocenters. The molecule has 3 rings (SSSR count). The van der Waals surface area contributed by atoms with E-state index in [0.29, 0.717) is 5.41 Å². The predicted molar refractivity (Wildman–Crippen MR) is 77.9 cm³/mol. The van der Waals surface area contributed by atoms with Gasteiger partial charge >= 0.3 is 0 Å². The summed E-state index contributed by atoms with van der Waals surface area (Å²) in [6.07, 6.45) is 5.55. The molecule has 0 amide bonds. The molecule has 2 aromatic rings. The number of nitrogens with one attached hydrogen (secondary N) is 1. The third kappa shape index (κ3) is 2.57. The molecule has 1 aliphatic rings. The summed E-state index contributed by atoms with van der Waals surface area (Å²) in [7, 11) is 0. The van der Waals surface area contributed by atoms with Gasteiger partial charge in [0.25, 0.3) is 0 Å². The van der Waals surface area contributed by atoms with E-state index in [-0.39, 0.29) is 0 Å². The molecular formula is C15H20N2S. The molecule has 96 valence electrons. The van der Waals surface area contributed by atoms with Crippen molar-refractivity contribution in [1.82, 2.24) is 10.3 Å². The van der Waals surface area contributed by atoms with E-state index in [9.17, 15) is 0 Å².